The fraction of sp³-hybridized carbons (Fsp3) is 0.556. The fourth-order valence-electron chi connectivity index (χ4n) is 2.70. The Hall–Kier alpha value is -2.08. The Morgan fingerprint density at radius 3 is 2.58 bits per heavy atom. The Labute approximate surface area is 144 Å². The lowest BCUT2D eigenvalue weighted by atomic mass is 10.1. The van der Waals surface area contributed by atoms with Crippen molar-refractivity contribution in [1.29, 1.82) is 0 Å². The number of carbonyl (C=O) groups excluding carboxylic acids is 2. The van der Waals surface area contributed by atoms with Crippen molar-refractivity contribution in [3.05, 3.63) is 29.8 Å². The third kappa shape index (κ3) is 4.71. The van der Waals surface area contributed by atoms with Gasteiger partial charge in [0.05, 0.1) is 5.56 Å². The molecule has 24 heavy (non-hydrogen) atoms. The lowest BCUT2D eigenvalue weighted by molar-refractivity contribution is -0.130. The van der Waals surface area contributed by atoms with Gasteiger partial charge in [-0.15, -0.1) is 0 Å². The first-order valence-electron chi connectivity index (χ1n) is 8.46. The van der Waals surface area contributed by atoms with E-state index in [-0.39, 0.29) is 18.4 Å². The van der Waals surface area contributed by atoms with Gasteiger partial charge in [0.25, 0.3) is 11.8 Å². The van der Waals surface area contributed by atoms with Crippen LogP contribution in [0.1, 0.15) is 23.7 Å². The van der Waals surface area contributed by atoms with Crippen molar-refractivity contribution in [3.63, 3.8) is 0 Å². The van der Waals surface area contributed by atoms with Crippen LogP contribution in [0.15, 0.2) is 24.3 Å². The van der Waals surface area contributed by atoms with Crippen LogP contribution in [0.2, 0.25) is 0 Å². The molecule has 132 valence electrons. The van der Waals surface area contributed by atoms with Crippen LogP contribution in [0.5, 0.6) is 5.75 Å². The number of rotatable bonds is 5. The van der Waals surface area contributed by atoms with Gasteiger partial charge in [0.15, 0.2) is 6.61 Å². The first kappa shape index (κ1) is 18.3. The summed E-state index contributed by atoms with van der Waals surface area (Å²) >= 11 is 0. The maximum atomic E-state index is 12.9. The third-order valence-electron chi connectivity index (χ3n) is 4.29. The predicted octanol–water partition coefficient (Wildman–Crippen LogP) is 1.32. The molecule has 2 rings (SSSR count). The van der Waals surface area contributed by atoms with Crippen molar-refractivity contribution >= 4 is 11.8 Å². The molecule has 0 atom stereocenters. The molecule has 0 aliphatic carbocycles. The summed E-state index contributed by atoms with van der Waals surface area (Å²) in [6.07, 6.45) is 0.974. The predicted molar refractivity (Wildman–Crippen MR) is 93.3 cm³/mol. The van der Waals surface area contributed by atoms with Gasteiger partial charge in [0.1, 0.15) is 5.75 Å². The molecule has 1 saturated heterocycles. The zero-order valence-corrected chi connectivity index (χ0v) is 14.8. The van der Waals surface area contributed by atoms with Crippen LogP contribution in [0, 0.1) is 0 Å². The Kier molecular flexibility index (Phi) is 6.61. The average Bonchev–Trinajstić information content (AvgIpc) is 2.84. The number of amides is 2. The van der Waals surface area contributed by atoms with E-state index in [1.165, 1.54) is 4.90 Å². The second-order valence-electron chi connectivity index (χ2n) is 6.15. The van der Waals surface area contributed by atoms with E-state index in [4.69, 9.17) is 4.74 Å². The standard InChI is InChI=1S/C18H27N3O3/c1-4-20-10-7-11-21(13-12-20)18(23)15-8-5-6-9-16(15)24-14-17(22)19(2)3/h5-6,8-9H,4,7,10-14H2,1-3H3. The Balaban J connectivity index is 2.07. The molecule has 6 nitrogen and oxygen atoms in total. The van der Waals surface area contributed by atoms with Crippen molar-refractivity contribution in [2.75, 3.05) is 53.4 Å². The largest absolute Gasteiger partial charge is 0.483 e. The smallest absolute Gasteiger partial charge is 0.259 e. The Morgan fingerprint density at radius 1 is 1.12 bits per heavy atom. The Bertz CT molecular complexity index is 574. The van der Waals surface area contributed by atoms with Crippen molar-refractivity contribution in [3.8, 4) is 5.75 Å². The molecular weight excluding hydrogens is 306 g/mol. The summed E-state index contributed by atoms with van der Waals surface area (Å²) < 4.78 is 5.60. The summed E-state index contributed by atoms with van der Waals surface area (Å²) in [5, 5.41) is 0. The molecule has 1 aromatic carbocycles. The van der Waals surface area contributed by atoms with E-state index in [9.17, 15) is 9.59 Å². The molecular formula is C18H27N3O3. The van der Waals surface area contributed by atoms with E-state index in [0.29, 0.717) is 11.3 Å². The van der Waals surface area contributed by atoms with Crippen LogP contribution in [-0.4, -0.2) is 79.9 Å². The van der Waals surface area contributed by atoms with Gasteiger partial charge in [0, 0.05) is 33.7 Å². The molecule has 0 spiro atoms. The Morgan fingerprint density at radius 2 is 1.88 bits per heavy atom. The van der Waals surface area contributed by atoms with Gasteiger partial charge in [-0.1, -0.05) is 19.1 Å². The minimum absolute atomic E-state index is 0.0270. The zero-order valence-electron chi connectivity index (χ0n) is 14.8. The van der Waals surface area contributed by atoms with Crippen LogP contribution >= 0.6 is 0 Å². The average molecular weight is 333 g/mol. The molecule has 0 saturated carbocycles. The van der Waals surface area contributed by atoms with Gasteiger partial charge in [-0.3, -0.25) is 9.59 Å². The summed E-state index contributed by atoms with van der Waals surface area (Å²) in [4.78, 5) is 30.3. The van der Waals surface area contributed by atoms with Crippen molar-refractivity contribution < 1.29 is 14.3 Å². The summed E-state index contributed by atoms with van der Waals surface area (Å²) in [5.41, 5.74) is 0.522. The molecule has 2 amide bonds. The summed E-state index contributed by atoms with van der Waals surface area (Å²) in [6.45, 7) is 6.47. The first-order chi connectivity index (χ1) is 11.5. The highest BCUT2D eigenvalue weighted by Gasteiger charge is 2.22. The lowest BCUT2D eigenvalue weighted by Gasteiger charge is -2.22. The normalized spacial score (nSPS) is 15.7. The van der Waals surface area contributed by atoms with Gasteiger partial charge in [-0.2, -0.15) is 0 Å². The minimum atomic E-state index is -0.134. The first-order valence-corrected chi connectivity index (χ1v) is 8.46. The number of hydrogen-bond donors (Lipinski definition) is 0. The number of hydrogen-bond acceptors (Lipinski definition) is 4. The third-order valence-corrected chi connectivity index (χ3v) is 4.29. The van der Waals surface area contributed by atoms with E-state index in [1.54, 1.807) is 26.2 Å². The second kappa shape index (κ2) is 8.68. The quantitative estimate of drug-likeness (QED) is 0.816. The molecule has 1 aromatic rings. The summed E-state index contributed by atoms with van der Waals surface area (Å²) in [7, 11) is 3.36. The lowest BCUT2D eigenvalue weighted by Crippen LogP contribution is -2.35. The van der Waals surface area contributed by atoms with Gasteiger partial charge in [0.2, 0.25) is 0 Å². The van der Waals surface area contributed by atoms with E-state index in [2.05, 4.69) is 11.8 Å². The SMILES string of the molecule is CCN1CCCN(C(=O)c2ccccc2OCC(=O)N(C)C)CC1. The molecule has 1 heterocycles. The number of benzene rings is 1. The fourth-order valence-corrected chi connectivity index (χ4v) is 2.70. The van der Waals surface area contributed by atoms with E-state index < -0.39 is 0 Å². The van der Waals surface area contributed by atoms with Crippen molar-refractivity contribution in [2.45, 2.75) is 13.3 Å². The highest BCUT2D eigenvalue weighted by atomic mass is 16.5. The van der Waals surface area contributed by atoms with Crippen LogP contribution in [0.4, 0.5) is 0 Å². The van der Waals surface area contributed by atoms with E-state index in [0.717, 1.165) is 39.1 Å². The maximum Gasteiger partial charge on any atom is 0.259 e. The monoisotopic (exact) mass is 333 g/mol. The summed E-state index contributed by atoms with van der Waals surface area (Å²) in [6, 6.07) is 7.14. The van der Waals surface area contributed by atoms with E-state index >= 15 is 0 Å². The van der Waals surface area contributed by atoms with Crippen LogP contribution in [0.25, 0.3) is 0 Å². The van der Waals surface area contributed by atoms with Crippen molar-refractivity contribution in [2.24, 2.45) is 0 Å². The molecule has 0 aromatic heterocycles. The van der Waals surface area contributed by atoms with Gasteiger partial charge in [-0.25, -0.2) is 0 Å². The number of ether oxygens (including phenoxy) is 1. The number of nitrogens with zero attached hydrogens (tertiary/aromatic N) is 3. The molecule has 0 radical (unpaired) electrons. The molecule has 0 bridgehead atoms. The maximum absolute atomic E-state index is 12.9. The zero-order chi connectivity index (χ0) is 17.5. The molecule has 1 fully saturated rings. The van der Waals surface area contributed by atoms with Crippen LogP contribution in [-0.2, 0) is 4.79 Å². The number of carbonyl (C=O) groups is 2. The second-order valence-corrected chi connectivity index (χ2v) is 6.15. The highest BCUT2D eigenvalue weighted by Crippen LogP contribution is 2.21. The van der Waals surface area contributed by atoms with Crippen LogP contribution < -0.4 is 4.74 Å². The minimum Gasteiger partial charge on any atom is -0.483 e. The molecule has 1 aliphatic rings. The molecule has 1 aliphatic heterocycles. The van der Waals surface area contributed by atoms with Crippen LogP contribution in [0.3, 0.4) is 0 Å². The van der Waals surface area contributed by atoms with Crippen molar-refractivity contribution in [1.82, 2.24) is 14.7 Å². The topological polar surface area (TPSA) is 53.1 Å². The van der Waals surface area contributed by atoms with Gasteiger partial charge >= 0.3 is 0 Å². The van der Waals surface area contributed by atoms with Gasteiger partial charge in [-0.05, 0) is 31.6 Å². The molecule has 0 unspecified atom stereocenters. The summed E-state index contributed by atoms with van der Waals surface area (Å²) in [5.74, 6) is 0.306. The molecule has 0 N–H and O–H groups in total. The van der Waals surface area contributed by atoms with E-state index in [1.807, 2.05) is 17.0 Å². The highest BCUT2D eigenvalue weighted by molar-refractivity contribution is 5.97. The molecule has 6 heteroatoms. The number of para-hydroxylation sites is 1. The van der Waals surface area contributed by atoms with Gasteiger partial charge < -0.3 is 19.4 Å². The number of likely N-dealkylation sites (N-methyl/N-ethyl adjacent to an activating group) is 2.